The molecule has 0 unspecified atom stereocenters. The summed E-state index contributed by atoms with van der Waals surface area (Å²) in [5.74, 6) is -6.26. The van der Waals surface area contributed by atoms with Gasteiger partial charge in [-0.3, -0.25) is 0 Å². The Hall–Kier alpha value is -2.76. The highest BCUT2D eigenvalue weighted by Gasteiger charge is 2.61. The van der Waals surface area contributed by atoms with Crippen LogP contribution in [-0.2, 0) is 26.9 Å². The van der Waals surface area contributed by atoms with Gasteiger partial charge in [0.1, 0.15) is 13.7 Å². The fourth-order valence-corrected chi connectivity index (χ4v) is 3.03. The molecule has 1 aromatic carbocycles. The summed E-state index contributed by atoms with van der Waals surface area (Å²) in [4.78, 5) is 19.9. The number of oxime groups is 1. The first-order chi connectivity index (χ1) is 13.5. The van der Waals surface area contributed by atoms with Crippen molar-refractivity contribution in [1.82, 2.24) is 4.98 Å². The van der Waals surface area contributed by atoms with E-state index in [0.717, 1.165) is 7.11 Å². The molecule has 0 aliphatic carbocycles. The molecule has 1 heterocycles. The standard InChI is InChI=1S/C17H15F5N2O4S/c1-9-13(23-15(29-9)16(18,19)17(20,21)22)28-8-10-6-4-5-7-11(10)12(24-27-3)14(25)26-2/h4-7H,8H2,1-3H3. The minimum absolute atomic E-state index is 0.0418. The van der Waals surface area contributed by atoms with Gasteiger partial charge in [0.25, 0.3) is 0 Å². The molecule has 12 heteroatoms. The average Bonchev–Trinajstić information content (AvgIpc) is 3.04. The number of halogens is 5. The Morgan fingerprint density at radius 2 is 1.83 bits per heavy atom. The number of rotatable bonds is 7. The zero-order valence-corrected chi connectivity index (χ0v) is 16.2. The predicted molar refractivity (Wildman–Crippen MR) is 93.1 cm³/mol. The van der Waals surface area contributed by atoms with Crippen molar-refractivity contribution in [3.63, 3.8) is 0 Å². The van der Waals surface area contributed by atoms with Crippen molar-refractivity contribution < 1.29 is 41.1 Å². The number of carbonyl (C=O) groups is 1. The highest BCUT2D eigenvalue weighted by Crippen LogP contribution is 2.46. The van der Waals surface area contributed by atoms with Crippen molar-refractivity contribution in [2.75, 3.05) is 14.2 Å². The Kier molecular flexibility index (Phi) is 6.77. The van der Waals surface area contributed by atoms with Crippen molar-refractivity contribution in [3.8, 4) is 5.88 Å². The van der Waals surface area contributed by atoms with E-state index in [4.69, 9.17) is 4.74 Å². The second kappa shape index (κ2) is 8.72. The molecule has 0 aliphatic rings. The maximum Gasteiger partial charge on any atom is 0.460 e. The van der Waals surface area contributed by atoms with Crippen LogP contribution in [-0.4, -0.2) is 37.1 Å². The third-order valence-corrected chi connectivity index (χ3v) is 4.60. The molecule has 2 aromatic rings. The molecule has 158 valence electrons. The van der Waals surface area contributed by atoms with E-state index in [1.54, 1.807) is 18.2 Å². The van der Waals surface area contributed by atoms with Crippen LogP contribution in [0.5, 0.6) is 5.88 Å². The van der Waals surface area contributed by atoms with Crippen LogP contribution >= 0.6 is 11.3 Å². The Morgan fingerprint density at radius 3 is 2.41 bits per heavy atom. The molecule has 1 aromatic heterocycles. The summed E-state index contributed by atoms with van der Waals surface area (Å²) in [5, 5.41) is 2.20. The summed E-state index contributed by atoms with van der Waals surface area (Å²) in [5.41, 5.74) is 0.480. The summed E-state index contributed by atoms with van der Waals surface area (Å²) in [6.07, 6.45) is -5.77. The minimum Gasteiger partial charge on any atom is -0.472 e. The Bertz CT molecular complexity index is 911. The summed E-state index contributed by atoms with van der Waals surface area (Å²) in [6.45, 7) is 1.03. The lowest BCUT2D eigenvalue weighted by Gasteiger charge is -2.16. The van der Waals surface area contributed by atoms with E-state index in [1.165, 1.54) is 20.1 Å². The number of aromatic nitrogens is 1. The number of alkyl halides is 5. The summed E-state index contributed by atoms with van der Waals surface area (Å²) in [7, 11) is 2.37. The molecule has 29 heavy (non-hydrogen) atoms. The first kappa shape index (κ1) is 22.5. The SMILES string of the molecule is CON=C(C(=O)OC)c1ccccc1COc1nc(C(F)(F)C(F)(F)F)sc1C. The quantitative estimate of drug-likeness (QED) is 0.280. The molecule has 0 bridgehead atoms. The number of thiazole rings is 1. The van der Waals surface area contributed by atoms with Crippen LogP contribution in [0.2, 0.25) is 0 Å². The van der Waals surface area contributed by atoms with Gasteiger partial charge in [-0.05, 0) is 12.5 Å². The topological polar surface area (TPSA) is 70.0 Å². The van der Waals surface area contributed by atoms with E-state index in [0.29, 0.717) is 5.56 Å². The lowest BCUT2D eigenvalue weighted by Crippen LogP contribution is -2.33. The predicted octanol–water partition coefficient (Wildman–Crippen LogP) is 4.21. The fourth-order valence-electron chi connectivity index (χ4n) is 2.18. The van der Waals surface area contributed by atoms with Crippen molar-refractivity contribution >= 4 is 23.0 Å². The number of methoxy groups -OCH3 is 1. The Labute approximate surface area is 165 Å². The van der Waals surface area contributed by atoms with Crippen molar-refractivity contribution in [2.24, 2.45) is 5.16 Å². The van der Waals surface area contributed by atoms with Gasteiger partial charge in [0.15, 0.2) is 10.7 Å². The number of ether oxygens (including phenoxy) is 2. The van der Waals surface area contributed by atoms with E-state index in [2.05, 4.69) is 19.7 Å². The highest BCUT2D eigenvalue weighted by molar-refractivity contribution is 7.12. The van der Waals surface area contributed by atoms with Crippen LogP contribution in [0.4, 0.5) is 22.0 Å². The number of esters is 1. The van der Waals surface area contributed by atoms with Crippen molar-refractivity contribution in [2.45, 2.75) is 25.6 Å². The van der Waals surface area contributed by atoms with Crippen molar-refractivity contribution in [3.05, 3.63) is 45.3 Å². The molecule has 0 N–H and O–H groups in total. The van der Waals surface area contributed by atoms with Gasteiger partial charge < -0.3 is 14.3 Å². The van der Waals surface area contributed by atoms with Gasteiger partial charge in [0.05, 0.1) is 12.0 Å². The Balaban J connectivity index is 2.31. The molecule has 0 radical (unpaired) electrons. The van der Waals surface area contributed by atoms with Gasteiger partial charge in [0.2, 0.25) is 5.88 Å². The van der Waals surface area contributed by atoms with E-state index in [-0.39, 0.29) is 40.0 Å². The lowest BCUT2D eigenvalue weighted by atomic mass is 10.0. The average molecular weight is 438 g/mol. The van der Waals surface area contributed by atoms with E-state index in [1.807, 2.05) is 0 Å². The Morgan fingerprint density at radius 1 is 1.17 bits per heavy atom. The maximum absolute atomic E-state index is 13.5. The first-order valence-corrected chi connectivity index (χ1v) is 8.67. The molecule has 0 amide bonds. The molecule has 2 rings (SSSR count). The summed E-state index contributed by atoms with van der Waals surface area (Å²) < 4.78 is 74.6. The molecular weight excluding hydrogens is 423 g/mol. The second-order valence-electron chi connectivity index (χ2n) is 5.51. The summed E-state index contributed by atoms with van der Waals surface area (Å²) >= 11 is 0.187. The number of hydrogen-bond acceptors (Lipinski definition) is 7. The number of aryl methyl sites for hydroxylation is 1. The minimum atomic E-state index is -5.77. The summed E-state index contributed by atoms with van der Waals surface area (Å²) in [6, 6.07) is 6.28. The van der Waals surface area contributed by atoms with Crippen molar-refractivity contribution in [1.29, 1.82) is 0 Å². The molecule has 0 aliphatic heterocycles. The zero-order valence-electron chi connectivity index (χ0n) is 15.3. The van der Waals surface area contributed by atoms with Crippen LogP contribution in [0.1, 0.15) is 21.0 Å². The second-order valence-corrected chi connectivity index (χ2v) is 6.72. The molecular formula is C17H15F5N2O4S. The monoisotopic (exact) mass is 438 g/mol. The third kappa shape index (κ3) is 4.81. The molecule has 0 spiro atoms. The van der Waals surface area contributed by atoms with Gasteiger partial charge in [-0.25, -0.2) is 4.79 Å². The lowest BCUT2D eigenvalue weighted by molar-refractivity contribution is -0.289. The van der Waals surface area contributed by atoms with Crippen LogP contribution in [0, 0.1) is 6.92 Å². The number of carbonyl (C=O) groups excluding carboxylic acids is 1. The van der Waals surface area contributed by atoms with E-state index >= 15 is 0 Å². The van der Waals surface area contributed by atoms with Gasteiger partial charge in [-0.1, -0.05) is 29.4 Å². The molecule has 6 nitrogen and oxygen atoms in total. The molecule has 0 fully saturated rings. The van der Waals surface area contributed by atoms with Crippen LogP contribution < -0.4 is 4.74 Å². The highest BCUT2D eigenvalue weighted by atomic mass is 32.1. The molecule has 0 saturated heterocycles. The zero-order chi connectivity index (χ0) is 21.8. The van der Waals surface area contributed by atoms with Crippen LogP contribution in [0.25, 0.3) is 0 Å². The third-order valence-electron chi connectivity index (χ3n) is 3.58. The number of hydrogen-bond donors (Lipinski definition) is 0. The van der Waals surface area contributed by atoms with Crippen LogP contribution in [0.3, 0.4) is 0 Å². The molecule has 0 saturated carbocycles. The normalized spacial score (nSPS) is 12.6. The first-order valence-electron chi connectivity index (χ1n) is 7.86. The number of benzene rings is 1. The van der Waals surface area contributed by atoms with Gasteiger partial charge in [0, 0.05) is 5.56 Å². The van der Waals surface area contributed by atoms with Crippen LogP contribution in [0.15, 0.2) is 29.4 Å². The van der Waals surface area contributed by atoms with E-state index in [9.17, 15) is 26.7 Å². The van der Waals surface area contributed by atoms with E-state index < -0.39 is 23.1 Å². The van der Waals surface area contributed by atoms with Gasteiger partial charge in [-0.15, -0.1) is 11.3 Å². The van der Waals surface area contributed by atoms with Gasteiger partial charge in [-0.2, -0.15) is 26.9 Å². The smallest absolute Gasteiger partial charge is 0.460 e. The fraction of sp³-hybridized carbons (Fsp3) is 0.353. The largest absolute Gasteiger partial charge is 0.472 e. The maximum atomic E-state index is 13.5. The number of nitrogens with zero attached hydrogens (tertiary/aromatic N) is 2. The molecule has 0 atom stereocenters. The van der Waals surface area contributed by atoms with Gasteiger partial charge >= 0.3 is 18.1 Å².